The summed E-state index contributed by atoms with van der Waals surface area (Å²) in [5.41, 5.74) is -1.46. The third kappa shape index (κ3) is 2.13. The number of aromatic nitrogens is 4. The number of rotatable bonds is 4. The molecule has 2 aromatic rings. The van der Waals surface area contributed by atoms with Crippen LogP contribution in [0.2, 0.25) is 0 Å². The van der Waals surface area contributed by atoms with E-state index >= 15 is 0 Å². The molecule has 0 atom stereocenters. The number of aryl methyl sites for hydroxylation is 1. The molecule has 0 radical (unpaired) electrons. The van der Waals surface area contributed by atoms with E-state index in [0.29, 0.717) is 6.54 Å². The fourth-order valence-electron chi connectivity index (χ4n) is 2.05. The minimum atomic E-state index is -0.688. The van der Waals surface area contributed by atoms with Gasteiger partial charge in [0, 0.05) is 13.6 Å². The van der Waals surface area contributed by atoms with Crippen LogP contribution in [0.5, 0.6) is 5.88 Å². The van der Waals surface area contributed by atoms with Crippen molar-refractivity contribution in [2.45, 2.75) is 26.3 Å². The van der Waals surface area contributed by atoms with Crippen LogP contribution in [0.3, 0.4) is 0 Å². The number of methoxy groups -OCH3 is 1. The Balaban J connectivity index is 2.99. The minimum Gasteiger partial charge on any atom is -0.479 e. The molecule has 20 heavy (non-hydrogen) atoms. The zero-order valence-electron chi connectivity index (χ0n) is 11.6. The Labute approximate surface area is 113 Å². The van der Waals surface area contributed by atoms with Gasteiger partial charge in [0.2, 0.25) is 5.88 Å². The Morgan fingerprint density at radius 2 is 2.00 bits per heavy atom. The number of ether oxygens (including phenoxy) is 1. The molecule has 0 aromatic carbocycles. The molecule has 2 aromatic heterocycles. The predicted octanol–water partition coefficient (Wildman–Crippen LogP) is -0.408. The third-order valence-electron chi connectivity index (χ3n) is 3.11. The van der Waals surface area contributed by atoms with Gasteiger partial charge in [-0.05, 0) is 6.42 Å². The lowest BCUT2D eigenvalue weighted by Crippen LogP contribution is -2.39. The Bertz CT molecular complexity index is 815. The first-order valence-corrected chi connectivity index (χ1v) is 6.29. The van der Waals surface area contributed by atoms with Gasteiger partial charge in [-0.3, -0.25) is 18.9 Å². The fourth-order valence-corrected chi connectivity index (χ4v) is 2.05. The highest BCUT2D eigenvalue weighted by Gasteiger charge is 2.17. The second-order valence-corrected chi connectivity index (χ2v) is 4.43. The maximum absolute atomic E-state index is 12.2. The highest BCUT2D eigenvalue weighted by molar-refractivity contribution is 5.78. The number of nitrogens with zero attached hydrogens (tertiary/aromatic N) is 3. The van der Waals surface area contributed by atoms with Crippen LogP contribution in [-0.4, -0.2) is 26.2 Å². The van der Waals surface area contributed by atoms with Crippen molar-refractivity contribution in [3.63, 3.8) is 0 Å². The van der Waals surface area contributed by atoms with Crippen molar-refractivity contribution in [3.05, 3.63) is 31.3 Å². The van der Waals surface area contributed by atoms with Crippen LogP contribution in [0.1, 0.15) is 19.8 Å². The monoisotopic (exact) mass is 280 g/mol. The van der Waals surface area contributed by atoms with E-state index < -0.39 is 16.9 Å². The molecule has 8 heteroatoms. The Morgan fingerprint density at radius 3 is 2.60 bits per heavy atom. The first-order chi connectivity index (χ1) is 9.51. The van der Waals surface area contributed by atoms with Gasteiger partial charge in [-0.15, -0.1) is 0 Å². The van der Waals surface area contributed by atoms with Crippen molar-refractivity contribution in [2.24, 2.45) is 7.05 Å². The van der Waals surface area contributed by atoms with Gasteiger partial charge in [0.15, 0.2) is 0 Å². The molecule has 0 aliphatic rings. The van der Waals surface area contributed by atoms with Gasteiger partial charge in [0.05, 0.1) is 7.11 Å². The Kier molecular flexibility index (Phi) is 3.73. The van der Waals surface area contributed by atoms with E-state index in [4.69, 9.17) is 4.74 Å². The van der Waals surface area contributed by atoms with E-state index in [1.54, 1.807) is 0 Å². The van der Waals surface area contributed by atoms with Crippen LogP contribution in [0.25, 0.3) is 11.0 Å². The van der Waals surface area contributed by atoms with E-state index in [2.05, 4.69) is 9.97 Å². The highest BCUT2D eigenvalue weighted by Crippen LogP contribution is 2.15. The van der Waals surface area contributed by atoms with Crippen LogP contribution in [0.4, 0.5) is 0 Å². The largest absolute Gasteiger partial charge is 0.479 e. The average molecular weight is 280 g/mol. The van der Waals surface area contributed by atoms with Crippen LogP contribution in [-0.2, 0) is 13.6 Å². The van der Waals surface area contributed by atoms with Crippen molar-refractivity contribution in [1.82, 2.24) is 19.1 Å². The molecule has 2 heterocycles. The van der Waals surface area contributed by atoms with Gasteiger partial charge in [-0.2, -0.15) is 4.98 Å². The normalized spacial score (nSPS) is 10.9. The molecule has 0 aliphatic carbocycles. The number of fused-ring (bicyclic) bond motifs is 1. The Hall–Kier alpha value is -2.38. The maximum Gasteiger partial charge on any atom is 0.348 e. The van der Waals surface area contributed by atoms with Crippen molar-refractivity contribution >= 4 is 11.0 Å². The molecular formula is C12H16N4O4. The van der Waals surface area contributed by atoms with Crippen LogP contribution in [0, 0.1) is 0 Å². The van der Waals surface area contributed by atoms with E-state index in [-0.39, 0.29) is 16.9 Å². The first kappa shape index (κ1) is 14.0. The topological polar surface area (TPSA) is 99.0 Å². The zero-order chi connectivity index (χ0) is 14.9. The molecule has 0 aliphatic heterocycles. The quantitative estimate of drug-likeness (QED) is 0.821. The summed E-state index contributed by atoms with van der Waals surface area (Å²) in [7, 11) is 2.71. The number of hydrogen-bond donors (Lipinski definition) is 1. The van der Waals surface area contributed by atoms with Crippen molar-refractivity contribution in [1.29, 1.82) is 0 Å². The molecule has 0 saturated carbocycles. The standard InChI is InChI=1S/C12H16N4O4/c1-4-5-6-16-8-7(10(17)15(2)12(16)19)13-11(18)14-9(8)20-3/h4-6H2,1-3H3,(H,13,14,18). The third-order valence-corrected chi connectivity index (χ3v) is 3.11. The zero-order valence-corrected chi connectivity index (χ0v) is 11.6. The number of unbranched alkanes of at least 4 members (excludes halogenated alkanes) is 1. The second kappa shape index (κ2) is 5.32. The Morgan fingerprint density at radius 1 is 1.30 bits per heavy atom. The fraction of sp³-hybridized carbons (Fsp3) is 0.500. The minimum absolute atomic E-state index is 0.0188. The van der Waals surface area contributed by atoms with E-state index in [1.165, 1.54) is 18.7 Å². The van der Waals surface area contributed by atoms with Gasteiger partial charge < -0.3 is 4.74 Å². The molecule has 0 amide bonds. The summed E-state index contributed by atoms with van der Waals surface area (Å²) in [5, 5.41) is 0. The molecule has 0 unspecified atom stereocenters. The lowest BCUT2D eigenvalue weighted by Gasteiger charge is -2.12. The van der Waals surface area contributed by atoms with Gasteiger partial charge in [0.1, 0.15) is 11.0 Å². The van der Waals surface area contributed by atoms with Gasteiger partial charge >= 0.3 is 11.4 Å². The lowest BCUT2D eigenvalue weighted by atomic mass is 10.3. The van der Waals surface area contributed by atoms with E-state index in [9.17, 15) is 14.4 Å². The highest BCUT2D eigenvalue weighted by atomic mass is 16.5. The van der Waals surface area contributed by atoms with Crippen LogP contribution >= 0.6 is 0 Å². The predicted molar refractivity (Wildman–Crippen MR) is 73.3 cm³/mol. The second-order valence-electron chi connectivity index (χ2n) is 4.43. The SMILES string of the molecule is CCCCn1c(=O)n(C)c(=O)c2[nH]c(=O)nc(OC)c21. The van der Waals surface area contributed by atoms with Gasteiger partial charge in [-0.1, -0.05) is 13.3 Å². The maximum atomic E-state index is 12.2. The molecule has 0 saturated heterocycles. The first-order valence-electron chi connectivity index (χ1n) is 6.29. The summed E-state index contributed by atoms with van der Waals surface area (Å²) in [6.45, 7) is 2.41. The number of hydrogen-bond acceptors (Lipinski definition) is 5. The summed E-state index contributed by atoms with van der Waals surface area (Å²) in [6, 6.07) is 0. The molecule has 0 fully saturated rings. The van der Waals surface area contributed by atoms with Crippen molar-refractivity contribution in [3.8, 4) is 5.88 Å². The number of nitrogens with one attached hydrogen (secondary N) is 1. The van der Waals surface area contributed by atoms with Crippen LogP contribution in [0.15, 0.2) is 14.4 Å². The van der Waals surface area contributed by atoms with Crippen molar-refractivity contribution in [2.75, 3.05) is 7.11 Å². The summed E-state index contributed by atoms with van der Waals surface area (Å²) >= 11 is 0. The number of aromatic amines is 1. The summed E-state index contributed by atoms with van der Waals surface area (Å²) in [5.74, 6) is -0.0188. The molecule has 1 N–H and O–H groups in total. The molecule has 0 spiro atoms. The molecular weight excluding hydrogens is 264 g/mol. The molecule has 8 nitrogen and oxygen atoms in total. The molecule has 108 valence electrons. The molecule has 2 rings (SSSR count). The van der Waals surface area contributed by atoms with Crippen LogP contribution < -0.4 is 21.7 Å². The van der Waals surface area contributed by atoms with Gasteiger partial charge in [-0.25, -0.2) is 9.59 Å². The van der Waals surface area contributed by atoms with Gasteiger partial charge in [0.25, 0.3) is 5.56 Å². The van der Waals surface area contributed by atoms with Crippen molar-refractivity contribution < 1.29 is 4.74 Å². The average Bonchev–Trinajstić information content (AvgIpc) is 2.44. The smallest absolute Gasteiger partial charge is 0.348 e. The summed E-state index contributed by atoms with van der Waals surface area (Å²) < 4.78 is 7.41. The summed E-state index contributed by atoms with van der Waals surface area (Å²) in [4.78, 5) is 41.8. The summed E-state index contributed by atoms with van der Waals surface area (Å²) in [6.07, 6.45) is 1.64. The lowest BCUT2D eigenvalue weighted by molar-refractivity contribution is 0.396. The van der Waals surface area contributed by atoms with E-state index in [0.717, 1.165) is 17.4 Å². The molecule has 0 bridgehead atoms. The van der Waals surface area contributed by atoms with E-state index in [1.807, 2.05) is 6.92 Å². The number of H-pyrrole nitrogens is 1.